The third-order valence-electron chi connectivity index (χ3n) is 5.36. The first-order valence-electron chi connectivity index (χ1n) is 10.4. The number of nitrogens with one attached hydrogen (secondary N) is 2. The molecular formula is C23H25N5O2S. The van der Waals surface area contributed by atoms with Gasteiger partial charge in [-0.3, -0.25) is 4.79 Å². The molecule has 2 heterocycles. The molecule has 3 aromatic rings. The minimum absolute atomic E-state index is 0.160. The predicted molar refractivity (Wildman–Crippen MR) is 123 cm³/mol. The quantitative estimate of drug-likeness (QED) is 0.588. The largest absolute Gasteiger partial charge is 0.322 e. The van der Waals surface area contributed by atoms with Crippen molar-refractivity contribution in [1.29, 1.82) is 0 Å². The van der Waals surface area contributed by atoms with Gasteiger partial charge in [-0.1, -0.05) is 48.1 Å². The zero-order valence-electron chi connectivity index (χ0n) is 17.6. The summed E-state index contributed by atoms with van der Waals surface area (Å²) >= 11 is 1.24. The molecule has 7 nitrogen and oxygen atoms in total. The number of anilines is 2. The average molecular weight is 436 g/mol. The molecular weight excluding hydrogens is 410 g/mol. The molecule has 1 aliphatic rings. The van der Waals surface area contributed by atoms with Gasteiger partial charge in [0.15, 0.2) is 0 Å². The number of nitrogens with zero attached hydrogens (tertiary/aromatic N) is 3. The van der Waals surface area contributed by atoms with Crippen molar-refractivity contribution in [2.75, 3.05) is 17.2 Å². The molecule has 1 aromatic heterocycles. The van der Waals surface area contributed by atoms with E-state index in [1.807, 2.05) is 55.5 Å². The lowest BCUT2D eigenvalue weighted by Crippen LogP contribution is -2.34. The number of hydrogen-bond donors (Lipinski definition) is 2. The van der Waals surface area contributed by atoms with Crippen LogP contribution in [0.2, 0.25) is 0 Å². The molecule has 2 aromatic carbocycles. The van der Waals surface area contributed by atoms with Crippen LogP contribution >= 0.6 is 11.3 Å². The zero-order valence-corrected chi connectivity index (χ0v) is 18.4. The summed E-state index contributed by atoms with van der Waals surface area (Å²) in [5, 5.41) is 15.1. The van der Waals surface area contributed by atoms with Crippen LogP contribution < -0.4 is 10.6 Å². The number of hydrogen-bond acceptors (Lipinski definition) is 5. The number of likely N-dealkylation sites (tertiary alicyclic amines) is 1. The maximum atomic E-state index is 12.9. The van der Waals surface area contributed by atoms with Gasteiger partial charge in [0, 0.05) is 17.9 Å². The summed E-state index contributed by atoms with van der Waals surface area (Å²) in [5.41, 5.74) is 3.83. The van der Waals surface area contributed by atoms with Crippen LogP contribution in [0.3, 0.4) is 0 Å². The number of amides is 3. The molecule has 1 fully saturated rings. The SMILES string of the molecule is CCc1ccc(NC(=O)N2CCC[C@H]2c2nnc(C(=O)Nc3ccc(C)cc3)s2)cc1. The second-order valence-corrected chi connectivity index (χ2v) is 8.61. The predicted octanol–water partition coefficient (Wildman–Crippen LogP) is 5.03. The van der Waals surface area contributed by atoms with Crippen LogP contribution in [0.5, 0.6) is 0 Å². The topological polar surface area (TPSA) is 87.2 Å². The second-order valence-electron chi connectivity index (χ2n) is 7.60. The Morgan fingerprint density at radius 2 is 1.71 bits per heavy atom. The number of benzene rings is 2. The maximum absolute atomic E-state index is 12.9. The number of rotatable bonds is 5. The van der Waals surface area contributed by atoms with Gasteiger partial charge in [-0.15, -0.1) is 10.2 Å². The van der Waals surface area contributed by atoms with Gasteiger partial charge in [-0.25, -0.2) is 4.79 Å². The average Bonchev–Trinajstić information content (AvgIpc) is 3.45. The van der Waals surface area contributed by atoms with Crippen molar-refractivity contribution < 1.29 is 9.59 Å². The Morgan fingerprint density at radius 1 is 1.03 bits per heavy atom. The van der Waals surface area contributed by atoms with Gasteiger partial charge in [0.05, 0.1) is 6.04 Å². The van der Waals surface area contributed by atoms with E-state index in [-0.39, 0.29) is 23.0 Å². The Morgan fingerprint density at radius 3 is 2.42 bits per heavy atom. The molecule has 3 amide bonds. The van der Waals surface area contributed by atoms with E-state index in [0.29, 0.717) is 17.2 Å². The lowest BCUT2D eigenvalue weighted by molar-refractivity contribution is 0.102. The number of carbonyl (C=O) groups is 2. The highest BCUT2D eigenvalue weighted by Crippen LogP contribution is 2.34. The van der Waals surface area contributed by atoms with Gasteiger partial charge in [0.2, 0.25) is 5.01 Å². The van der Waals surface area contributed by atoms with Crippen LogP contribution in [0.1, 0.15) is 51.7 Å². The highest BCUT2D eigenvalue weighted by molar-refractivity contribution is 7.13. The van der Waals surface area contributed by atoms with Gasteiger partial charge in [-0.05, 0) is 56.0 Å². The van der Waals surface area contributed by atoms with Crippen LogP contribution in [0.4, 0.5) is 16.2 Å². The van der Waals surface area contributed by atoms with Crippen molar-refractivity contribution in [3.8, 4) is 0 Å². The first kappa shape index (κ1) is 21.0. The molecule has 8 heteroatoms. The first-order chi connectivity index (χ1) is 15.0. The van der Waals surface area contributed by atoms with Crippen LogP contribution in [-0.2, 0) is 6.42 Å². The van der Waals surface area contributed by atoms with Crippen molar-refractivity contribution in [3.05, 3.63) is 69.7 Å². The Bertz CT molecular complexity index is 1060. The molecule has 31 heavy (non-hydrogen) atoms. The lowest BCUT2D eigenvalue weighted by atomic mass is 10.1. The summed E-state index contributed by atoms with van der Waals surface area (Å²) < 4.78 is 0. The number of carbonyl (C=O) groups excluding carboxylic acids is 2. The van der Waals surface area contributed by atoms with E-state index < -0.39 is 0 Å². The van der Waals surface area contributed by atoms with Crippen molar-refractivity contribution in [3.63, 3.8) is 0 Å². The van der Waals surface area contributed by atoms with Gasteiger partial charge in [-0.2, -0.15) is 0 Å². The third-order valence-corrected chi connectivity index (χ3v) is 6.38. The molecule has 1 atom stereocenters. The van der Waals surface area contributed by atoms with Gasteiger partial charge in [0.25, 0.3) is 5.91 Å². The summed E-state index contributed by atoms with van der Waals surface area (Å²) in [6, 6.07) is 15.1. The summed E-state index contributed by atoms with van der Waals surface area (Å²) in [5.74, 6) is -0.294. The molecule has 160 valence electrons. The minimum atomic E-state index is -0.294. The molecule has 1 saturated heterocycles. The number of aromatic nitrogens is 2. The fourth-order valence-electron chi connectivity index (χ4n) is 3.57. The summed E-state index contributed by atoms with van der Waals surface area (Å²) in [6.45, 7) is 4.74. The van der Waals surface area contributed by atoms with Crippen LogP contribution in [0.25, 0.3) is 0 Å². The number of urea groups is 1. The van der Waals surface area contributed by atoms with Gasteiger partial charge in [0.1, 0.15) is 5.01 Å². The fourth-order valence-corrected chi connectivity index (χ4v) is 4.45. The standard InChI is InChI=1S/C23H25N5O2S/c1-3-16-8-12-18(13-9-16)25-23(30)28-14-4-5-19(28)21-26-27-22(31-21)20(29)24-17-10-6-15(2)7-11-17/h6-13,19H,3-5,14H2,1-2H3,(H,24,29)(H,25,30)/t19-/m0/s1. The third kappa shape index (κ3) is 4.91. The Balaban J connectivity index is 1.42. The monoisotopic (exact) mass is 435 g/mol. The Hall–Kier alpha value is -3.26. The van der Waals surface area contributed by atoms with E-state index in [2.05, 4.69) is 27.8 Å². The Labute approximate surface area is 185 Å². The maximum Gasteiger partial charge on any atom is 0.322 e. The van der Waals surface area contributed by atoms with Crippen LogP contribution in [0.15, 0.2) is 48.5 Å². The van der Waals surface area contributed by atoms with Crippen molar-refractivity contribution in [1.82, 2.24) is 15.1 Å². The van der Waals surface area contributed by atoms with Crippen molar-refractivity contribution >= 4 is 34.6 Å². The highest BCUT2D eigenvalue weighted by Gasteiger charge is 2.33. The number of aryl methyl sites for hydroxylation is 2. The molecule has 0 saturated carbocycles. The van der Waals surface area contributed by atoms with Crippen LogP contribution in [-0.4, -0.2) is 33.6 Å². The molecule has 0 unspecified atom stereocenters. The van der Waals surface area contributed by atoms with Gasteiger partial charge >= 0.3 is 6.03 Å². The highest BCUT2D eigenvalue weighted by atomic mass is 32.1. The summed E-state index contributed by atoms with van der Waals surface area (Å²) in [4.78, 5) is 27.2. The molecule has 0 bridgehead atoms. The molecule has 2 N–H and O–H groups in total. The molecule has 4 rings (SSSR count). The van der Waals surface area contributed by atoms with E-state index in [9.17, 15) is 9.59 Å². The van der Waals surface area contributed by atoms with Crippen LogP contribution in [0, 0.1) is 6.92 Å². The normalized spacial score (nSPS) is 15.7. The Kier molecular flexibility index (Phi) is 6.27. The molecule has 1 aliphatic heterocycles. The molecule has 0 radical (unpaired) electrons. The lowest BCUT2D eigenvalue weighted by Gasteiger charge is -2.23. The van der Waals surface area contributed by atoms with E-state index in [1.165, 1.54) is 16.9 Å². The summed E-state index contributed by atoms with van der Waals surface area (Å²) in [6.07, 6.45) is 2.65. The van der Waals surface area contributed by atoms with Gasteiger partial charge < -0.3 is 15.5 Å². The van der Waals surface area contributed by atoms with E-state index in [4.69, 9.17) is 0 Å². The molecule has 0 spiro atoms. The van der Waals surface area contributed by atoms with Crippen molar-refractivity contribution in [2.24, 2.45) is 0 Å². The first-order valence-corrected chi connectivity index (χ1v) is 11.2. The van der Waals surface area contributed by atoms with E-state index >= 15 is 0 Å². The molecule has 0 aliphatic carbocycles. The fraction of sp³-hybridized carbons (Fsp3) is 0.304. The van der Waals surface area contributed by atoms with E-state index in [0.717, 1.165) is 30.5 Å². The second kappa shape index (κ2) is 9.26. The van der Waals surface area contributed by atoms with Crippen molar-refractivity contribution in [2.45, 2.75) is 39.2 Å². The van der Waals surface area contributed by atoms with E-state index in [1.54, 1.807) is 4.90 Å². The summed E-state index contributed by atoms with van der Waals surface area (Å²) in [7, 11) is 0. The zero-order chi connectivity index (χ0) is 21.8. The minimum Gasteiger partial charge on any atom is -0.320 e. The smallest absolute Gasteiger partial charge is 0.320 e.